The van der Waals surface area contributed by atoms with Crippen molar-refractivity contribution in [1.29, 1.82) is 0 Å². The van der Waals surface area contributed by atoms with E-state index in [2.05, 4.69) is 28.2 Å². The zero-order valence-corrected chi connectivity index (χ0v) is 15.2. The van der Waals surface area contributed by atoms with Crippen LogP contribution in [0.1, 0.15) is 32.6 Å². The van der Waals surface area contributed by atoms with Crippen LogP contribution in [0.4, 0.5) is 16.3 Å². The van der Waals surface area contributed by atoms with Gasteiger partial charge in [-0.15, -0.1) is 0 Å². The third kappa shape index (κ3) is 3.11. The summed E-state index contributed by atoms with van der Waals surface area (Å²) in [4.78, 5) is 26.2. The van der Waals surface area contributed by atoms with Crippen molar-refractivity contribution in [3.05, 3.63) is 36.7 Å². The summed E-state index contributed by atoms with van der Waals surface area (Å²) >= 11 is 0. The first-order valence-electron chi connectivity index (χ1n) is 9.51. The number of amides is 2. The lowest BCUT2D eigenvalue weighted by molar-refractivity contribution is 0.244. The number of unbranched alkanes of at least 4 members (excludes halogenated alkanes) is 2. The number of rotatable bonds is 5. The van der Waals surface area contributed by atoms with Gasteiger partial charge in [0.2, 0.25) is 0 Å². The maximum atomic E-state index is 12.9. The second-order valence-corrected chi connectivity index (χ2v) is 6.98. The van der Waals surface area contributed by atoms with Crippen molar-refractivity contribution in [1.82, 2.24) is 15.3 Å². The topological polar surface area (TPSA) is 61.4 Å². The molecule has 0 spiro atoms. The second-order valence-electron chi connectivity index (χ2n) is 6.98. The van der Waals surface area contributed by atoms with Crippen LogP contribution in [-0.2, 0) is 0 Å². The zero-order chi connectivity index (χ0) is 17.9. The van der Waals surface area contributed by atoms with E-state index in [4.69, 9.17) is 4.98 Å². The number of carbonyl (C=O) groups is 1. The summed E-state index contributed by atoms with van der Waals surface area (Å²) in [5.74, 6) is 0.771. The van der Waals surface area contributed by atoms with E-state index in [1.807, 2.05) is 29.3 Å². The van der Waals surface area contributed by atoms with E-state index in [-0.39, 0.29) is 12.1 Å². The van der Waals surface area contributed by atoms with E-state index >= 15 is 0 Å². The van der Waals surface area contributed by atoms with Gasteiger partial charge in [0, 0.05) is 37.6 Å². The highest BCUT2D eigenvalue weighted by molar-refractivity contribution is 5.97. The summed E-state index contributed by atoms with van der Waals surface area (Å²) in [5.41, 5.74) is 2.87. The van der Waals surface area contributed by atoms with E-state index in [1.54, 1.807) is 6.20 Å². The lowest BCUT2D eigenvalue weighted by Crippen LogP contribution is -2.50. The Morgan fingerprint density at radius 1 is 1.31 bits per heavy atom. The smallest absolute Gasteiger partial charge is 0.323 e. The molecular formula is C20H25N5O. The summed E-state index contributed by atoms with van der Waals surface area (Å²) in [6.07, 6.45) is 7.85. The van der Waals surface area contributed by atoms with Gasteiger partial charge in [-0.1, -0.05) is 19.8 Å². The van der Waals surface area contributed by atoms with Crippen LogP contribution in [0.2, 0.25) is 0 Å². The van der Waals surface area contributed by atoms with Gasteiger partial charge in [-0.25, -0.2) is 9.78 Å². The Bertz CT molecular complexity index is 779. The van der Waals surface area contributed by atoms with Crippen molar-refractivity contribution in [2.75, 3.05) is 29.4 Å². The molecule has 4 rings (SSSR count). The minimum absolute atomic E-state index is 0.0234. The number of nitrogens with zero attached hydrogens (tertiary/aromatic N) is 4. The predicted molar refractivity (Wildman–Crippen MR) is 103 cm³/mol. The highest BCUT2D eigenvalue weighted by atomic mass is 16.2. The fourth-order valence-corrected chi connectivity index (χ4v) is 3.80. The number of urea groups is 1. The number of hydrogen-bond acceptors (Lipinski definition) is 4. The molecule has 1 atom stereocenters. The standard InChI is InChI=1S/C20H25N5O/c1-2-3-4-11-22-20(26)25-16-9-12-24(14-16)18-8-7-17(23-19(18)25)15-6-5-10-21-13-15/h5-8,10,13,16H,2-4,9,11-12,14H2,1H3,(H,22,26)/t16-/m0/s1. The third-order valence-corrected chi connectivity index (χ3v) is 5.18. The van der Waals surface area contributed by atoms with E-state index in [0.717, 1.165) is 68.1 Å². The highest BCUT2D eigenvalue weighted by Gasteiger charge is 2.40. The minimum atomic E-state index is -0.0234. The molecule has 1 fully saturated rings. The Morgan fingerprint density at radius 2 is 2.23 bits per heavy atom. The second kappa shape index (κ2) is 7.32. The van der Waals surface area contributed by atoms with Gasteiger partial charge < -0.3 is 10.2 Å². The molecule has 0 aliphatic carbocycles. The molecule has 26 heavy (non-hydrogen) atoms. The summed E-state index contributed by atoms with van der Waals surface area (Å²) in [6.45, 7) is 4.76. The van der Waals surface area contributed by atoms with Crippen molar-refractivity contribution in [2.24, 2.45) is 0 Å². The largest absolute Gasteiger partial charge is 0.366 e. The van der Waals surface area contributed by atoms with Gasteiger partial charge in [0.05, 0.1) is 17.4 Å². The van der Waals surface area contributed by atoms with Gasteiger partial charge in [-0.3, -0.25) is 9.88 Å². The van der Waals surface area contributed by atoms with E-state index in [1.165, 1.54) is 0 Å². The molecule has 0 unspecified atom stereocenters. The predicted octanol–water partition coefficient (Wildman–Crippen LogP) is 3.44. The van der Waals surface area contributed by atoms with Crippen LogP contribution >= 0.6 is 0 Å². The van der Waals surface area contributed by atoms with Crippen molar-refractivity contribution in [3.63, 3.8) is 0 Å². The number of nitrogens with one attached hydrogen (secondary N) is 1. The normalized spacial score (nSPS) is 18.0. The fourth-order valence-electron chi connectivity index (χ4n) is 3.80. The number of hydrogen-bond donors (Lipinski definition) is 1. The van der Waals surface area contributed by atoms with Crippen LogP contribution in [0.15, 0.2) is 36.7 Å². The van der Waals surface area contributed by atoms with Gasteiger partial charge in [0.1, 0.15) is 0 Å². The fraction of sp³-hybridized carbons (Fsp3) is 0.450. The summed E-state index contributed by atoms with van der Waals surface area (Å²) in [5, 5.41) is 3.09. The van der Waals surface area contributed by atoms with Gasteiger partial charge in [-0.2, -0.15) is 0 Å². The Labute approximate surface area is 154 Å². The molecule has 2 aromatic rings. The number of anilines is 2. The molecular weight excluding hydrogens is 326 g/mol. The summed E-state index contributed by atoms with van der Waals surface area (Å²) < 4.78 is 0. The first kappa shape index (κ1) is 16.8. The van der Waals surface area contributed by atoms with Gasteiger partial charge in [0.15, 0.2) is 5.82 Å². The van der Waals surface area contributed by atoms with Gasteiger partial charge in [0.25, 0.3) is 0 Å². The highest BCUT2D eigenvalue weighted by Crippen LogP contribution is 2.39. The van der Waals surface area contributed by atoms with Crippen LogP contribution in [0.25, 0.3) is 11.3 Å². The Hall–Kier alpha value is -2.63. The molecule has 1 N–H and O–H groups in total. The van der Waals surface area contributed by atoms with Crippen LogP contribution in [0.3, 0.4) is 0 Å². The maximum absolute atomic E-state index is 12.9. The van der Waals surface area contributed by atoms with E-state index < -0.39 is 0 Å². The molecule has 6 heteroatoms. The zero-order valence-electron chi connectivity index (χ0n) is 15.2. The molecule has 136 valence electrons. The van der Waals surface area contributed by atoms with Crippen molar-refractivity contribution < 1.29 is 4.79 Å². The van der Waals surface area contributed by atoms with E-state index in [9.17, 15) is 4.79 Å². The van der Waals surface area contributed by atoms with Crippen LogP contribution in [0.5, 0.6) is 0 Å². The number of carbonyl (C=O) groups excluding carboxylic acids is 1. The molecule has 0 radical (unpaired) electrons. The van der Waals surface area contributed by atoms with E-state index in [0.29, 0.717) is 0 Å². The number of fused-ring (bicyclic) bond motifs is 4. The van der Waals surface area contributed by atoms with Crippen LogP contribution < -0.4 is 15.1 Å². The first-order valence-corrected chi connectivity index (χ1v) is 9.51. The minimum Gasteiger partial charge on any atom is -0.366 e. The summed E-state index contributed by atoms with van der Waals surface area (Å²) in [6, 6.07) is 8.18. The molecule has 2 bridgehead atoms. The lowest BCUT2D eigenvalue weighted by atomic mass is 10.1. The third-order valence-electron chi connectivity index (χ3n) is 5.18. The van der Waals surface area contributed by atoms with Crippen molar-refractivity contribution in [2.45, 2.75) is 38.6 Å². The lowest BCUT2D eigenvalue weighted by Gasteiger charge is -2.36. The molecule has 2 aliphatic rings. The molecule has 0 saturated carbocycles. The summed E-state index contributed by atoms with van der Waals surface area (Å²) in [7, 11) is 0. The Morgan fingerprint density at radius 3 is 3.04 bits per heavy atom. The molecule has 2 amide bonds. The Balaban J connectivity index is 1.63. The molecule has 4 heterocycles. The molecule has 6 nitrogen and oxygen atoms in total. The molecule has 0 aromatic carbocycles. The van der Waals surface area contributed by atoms with Crippen molar-refractivity contribution >= 4 is 17.5 Å². The van der Waals surface area contributed by atoms with Crippen molar-refractivity contribution in [3.8, 4) is 11.3 Å². The van der Waals surface area contributed by atoms with Crippen LogP contribution in [0, 0.1) is 0 Å². The first-order chi connectivity index (χ1) is 12.8. The maximum Gasteiger partial charge on any atom is 0.323 e. The monoisotopic (exact) mass is 351 g/mol. The molecule has 1 saturated heterocycles. The Kier molecular flexibility index (Phi) is 4.73. The average molecular weight is 351 g/mol. The number of pyridine rings is 2. The molecule has 2 aromatic heterocycles. The number of aromatic nitrogens is 2. The van der Waals surface area contributed by atoms with Gasteiger partial charge >= 0.3 is 6.03 Å². The SMILES string of the molecule is CCCCCNC(=O)N1c2nc(-c3cccnc3)ccc2N2CC[C@H]1C2. The average Bonchev–Trinajstić information content (AvgIpc) is 3.10. The quantitative estimate of drug-likeness (QED) is 0.838. The molecule has 2 aliphatic heterocycles. The van der Waals surface area contributed by atoms with Gasteiger partial charge in [-0.05, 0) is 37.1 Å². The van der Waals surface area contributed by atoms with Crippen LogP contribution in [-0.4, -0.2) is 41.7 Å².